The van der Waals surface area contributed by atoms with E-state index in [1.807, 2.05) is 32.4 Å². The minimum atomic E-state index is 0.759. The maximum Gasteiger partial charge on any atom is 0.185 e. The number of likely N-dealkylation sites (tertiary alicyclic amines) is 1. The Morgan fingerprint density at radius 1 is 1.22 bits per heavy atom. The number of hydrogen-bond acceptors (Lipinski definition) is 5. The summed E-state index contributed by atoms with van der Waals surface area (Å²) in [5.74, 6) is 0.759. The minimum Gasteiger partial charge on any atom is -0.354 e. The first-order valence-electron chi connectivity index (χ1n) is 9.77. The Labute approximate surface area is 172 Å². The molecule has 2 aromatic rings. The van der Waals surface area contributed by atoms with E-state index in [2.05, 4.69) is 38.9 Å². The second kappa shape index (κ2) is 9.87. The van der Waals surface area contributed by atoms with Crippen LogP contribution in [-0.4, -0.2) is 62.1 Å². The number of benzene rings is 1. The van der Waals surface area contributed by atoms with Gasteiger partial charge in [-0.2, -0.15) is 0 Å². The van der Waals surface area contributed by atoms with Gasteiger partial charge in [-0.3, -0.25) is 0 Å². The van der Waals surface area contributed by atoms with Gasteiger partial charge < -0.3 is 14.7 Å². The van der Waals surface area contributed by atoms with Crippen molar-refractivity contribution in [2.45, 2.75) is 25.8 Å². The fourth-order valence-corrected chi connectivity index (χ4v) is 4.83. The van der Waals surface area contributed by atoms with Crippen molar-refractivity contribution >= 4 is 28.1 Å². The lowest BCUT2D eigenvalue weighted by Crippen LogP contribution is -2.40. The lowest BCUT2D eigenvalue weighted by atomic mass is 9.97. The van der Waals surface area contributed by atoms with Gasteiger partial charge in [-0.05, 0) is 56.5 Å². The highest BCUT2D eigenvalue weighted by Gasteiger charge is 2.21. The molecule has 6 heteroatoms. The highest BCUT2D eigenvalue weighted by atomic mass is 35.5. The zero-order valence-electron chi connectivity index (χ0n) is 16.7. The second-order valence-electron chi connectivity index (χ2n) is 7.89. The third-order valence-electron chi connectivity index (χ3n) is 5.15. The van der Waals surface area contributed by atoms with Crippen molar-refractivity contribution in [2.24, 2.45) is 5.92 Å². The summed E-state index contributed by atoms with van der Waals surface area (Å²) in [7, 11) is 6.33. The van der Waals surface area contributed by atoms with E-state index >= 15 is 0 Å². The first kappa shape index (κ1) is 20.6. The Hall–Kier alpha value is -1.14. The summed E-state index contributed by atoms with van der Waals surface area (Å²) in [6.45, 7) is 5.74. The van der Waals surface area contributed by atoms with E-state index in [0.717, 1.165) is 42.1 Å². The molecule has 4 nitrogen and oxygen atoms in total. The molecule has 0 bridgehead atoms. The molecule has 1 aliphatic heterocycles. The molecule has 1 aromatic carbocycles. The smallest absolute Gasteiger partial charge is 0.185 e. The Morgan fingerprint density at radius 3 is 2.70 bits per heavy atom. The molecule has 1 fully saturated rings. The number of anilines is 1. The number of aromatic nitrogens is 1. The van der Waals surface area contributed by atoms with Crippen LogP contribution in [0.2, 0.25) is 5.02 Å². The van der Waals surface area contributed by atoms with E-state index in [-0.39, 0.29) is 0 Å². The summed E-state index contributed by atoms with van der Waals surface area (Å²) >= 11 is 7.77. The van der Waals surface area contributed by atoms with Gasteiger partial charge >= 0.3 is 0 Å². The Balaban J connectivity index is 1.43. The average Bonchev–Trinajstić information content (AvgIpc) is 3.10. The molecule has 0 saturated carbocycles. The Kier molecular flexibility index (Phi) is 7.53. The molecule has 1 saturated heterocycles. The number of rotatable bonds is 8. The van der Waals surface area contributed by atoms with Crippen LogP contribution in [-0.2, 0) is 13.0 Å². The summed E-state index contributed by atoms with van der Waals surface area (Å²) < 4.78 is 0. The topological polar surface area (TPSA) is 22.6 Å². The minimum absolute atomic E-state index is 0.759. The Bertz CT molecular complexity index is 700. The predicted octanol–water partition coefficient (Wildman–Crippen LogP) is 4.25. The van der Waals surface area contributed by atoms with Crippen LogP contribution >= 0.6 is 22.9 Å². The molecule has 0 amide bonds. The van der Waals surface area contributed by atoms with E-state index < -0.39 is 0 Å². The molecule has 0 spiro atoms. The summed E-state index contributed by atoms with van der Waals surface area (Å²) in [5.41, 5.74) is 1.38. The third kappa shape index (κ3) is 6.46. The van der Waals surface area contributed by atoms with Crippen molar-refractivity contribution < 1.29 is 0 Å². The molecule has 1 atom stereocenters. The standard InChI is InChI=1S/C21H31ClN4S/c1-24(2)21-23-13-20(27-21)16-25(3)14-18-5-4-11-26(15-18)12-10-17-6-8-19(22)9-7-17/h6-9,13,18H,4-5,10-12,14-16H2,1-3H3/t18-/m1/s1. The highest BCUT2D eigenvalue weighted by molar-refractivity contribution is 7.15. The summed E-state index contributed by atoms with van der Waals surface area (Å²) in [5, 5.41) is 1.91. The van der Waals surface area contributed by atoms with Crippen molar-refractivity contribution in [1.82, 2.24) is 14.8 Å². The monoisotopic (exact) mass is 406 g/mol. The molecule has 0 unspecified atom stereocenters. The number of piperidine rings is 1. The quantitative estimate of drug-likeness (QED) is 0.653. The van der Waals surface area contributed by atoms with E-state index in [4.69, 9.17) is 11.6 Å². The van der Waals surface area contributed by atoms with Crippen molar-refractivity contribution in [3.05, 3.63) is 45.9 Å². The van der Waals surface area contributed by atoms with Crippen molar-refractivity contribution in [1.29, 1.82) is 0 Å². The van der Waals surface area contributed by atoms with E-state index in [0.29, 0.717) is 0 Å². The van der Waals surface area contributed by atoms with Gasteiger partial charge in [0.15, 0.2) is 5.13 Å². The largest absolute Gasteiger partial charge is 0.354 e. The van der Waals surface area contributed by atoms with Gasteiger partial charge in [-0.25, -0.2) is 4.98 Å². The van der Waals surface area contributed by atoms with Gasteiger partial charge in [-0.15, -0.1) is 11.3 Å². The van der Waals surface area contributed by atoms with Gasteiger partial charge in [-0.1, -0.05) is 23.7 Å². The fraction of sp³-hybridized carbons (Fsp3) is 0.571. The van der Waals surface area contributed by atoms with Crippen molar-refractivity contribution in [3.8, 4) is 0 Å². The van der Waals surface area contributed by atoms with E-state index in [1.54, 1.807) is 11.3 Å². The third-order valence-corrected chi connectivity index (χ3v) is 6.55. The van der Waals surface area contributed by atoms with Crippen molar-refractivity contribution in [3.63, 3.8) is 0 Å². The first-order chi connectivity index (χ1) is 13.0. The SMILES string of the molecule is CN(Cc1cnc(N(C)C)s1)C[C@H]1CCCN(CCc2ccc(Cl)cc2)C1. The molecule has 0 radical (unpaired) electrons. The molecule has 1 aliphatic rings. The van der Waals surface area contributed by atoms with Crippen LogP contribution in [0.5, 0.6) is 0 Å². The highest BCUT2D eigenvalue weighted by Crippen LogP contribution is 2.23. The maximum absolute atomic E-state index is 5.98. The van der Waals surface area contributed by atoms with Crippen LogP contribution in [0.3, 0.4) is 0 Å². The first-order valence-corrected chi connectivity index (χ1v) is 11.0. The molecule has 3 rings (SSSR count). The molecule has 0 aliphatic carbocycles. The van der Waals surface area contributed by atoms with Crippen LogP contribution in [0.1, 0.15) is 23.3 Å². The molecule has 1 aromatic heterocycles. The number of nitrogens with zero attached hydrogens (tertiary/aromatic N) is 4. The van der Waals surface area contributed by atoms with Gasteiger partial charge in [0.05, 0.1) is 0 Å². The van der Waals surface area contributed by atoms with Gasteiger partial charge in [0.25, 0.3) is 0 Å². The lowest BCUT2D eigenvalue weighted by molar-refractivity contribution is 0.142. The van der Waals surface area contributed by atoms with Crippen LogP contribution in [0.15, 0.2) is 30.5 Å². The average molecular weight is 407 g/mol. The van der Waals surface area contributed by atoms with Crippen LogP contribution in [0.25, 0.3) is 0 Å². The predicted molar refractivity (Wildman–Crippen MR) is 117 cm³/mol. The van der Waals surface area contributed by atoms with E-state index in [1.165, 1.54) is 36.4 Å². The van der Waals surface area contributed by atoms with Gasteiger partial charge in [0.1, 0.15) is 0 Å². The number of halogens is 1. The van der Waals surface area contributed by atoms with Gasteiger partial charge in [0, 0.05) is 56.4 Å². The zero-order chi connectivity index (χ0) is 19.2. The maximum atomic E-state index is 5.98. The number of hydrogen-bond donors (Lipinski definition) is 0. The summed E-state index contributed by atoms with van der Waals surface area (Å²) in [6, 6.07) is 8.28. The fourth-order valence-electron chi connectivity index (χ4n) is 3.79. The molecule has 2 heterocycles. The van der Waals surface area contributed by atoms with Crippen LogP contribution < -0.4 is 4.90 Å². The Morgan fingerprint density at radius 2 is 2.00 bits per heavy atom. The van der Waals surface area contributed by atoms with Crippen LogP contribution in [0.4, 0.5) is 5.13 Å². The van der Waals surface area contributed by atoms with Gasteiger partial charge in [0.2, 0.25) is 0 Å². The normalized spacial score (nSPS) is 18.2. The molecule has 148 valence electrons. The lowest BCUT2D eigenvalue weighted by Gasteiger charge is -2.34. The van der Waals surface area contributed by atoms with E-state index in [9.17, 15) is 0 Å². The molecular weight excluding hydrogens is 376 g/mol. The van der Waals surface area contributed by atoms with Crippen LogP contribution in [0, 0.1) is 5.92 Å². The molecular formula is C21H31ClN4S. The zero-order valence-corrected chi connectivity index (χ0v) is 18.3. The summed E-state index contributed by atoms with van der Waals surface area (Å²) in [6.07, 6.45) is 5.78. The number of thiazole rings is 1. The van der Waals surface area contributed by atoms with Crippen molar-refractivity contribution in [2.75, 3.05) is 52.2 Å². The second-order valence-corrected chi connectivity index (χ2v) is 9.42. The molecule has 0 N–H and O–H groups in total. The molecule has 27 heavy (non-hydrogen) atoms. The summed E-state index contributed by atoms with van der Waals surface area (Å²) in [4.78, 5) is 13.0.